The van der Waals surface area contributed by atoms with Crippen LogP contribution >= 0.6 is 0 Å². The van der Waals surface area contributed by atoms with Gasteiger partial charge in [-0.15, -0.1) is 0 Å². The van der Waals surface area contributed by atoms with Crippen molar-refractivity contribution in [2.75, 3.05) is 19.5 Å². The molecule has 0 fully saturated rings. The molecule has 2 heterocycles. The Hall–Kier alpha value is -3.68. The van der Waals surface area contributed by atoms with Crippen molar-refractivity contribution in [1.29, 1.82) is 0 Å². The number of aryl methyl sites for hydroxylation is 1. The quantitative estimate of drug-likeness (QED) is 0.497. The molecule has 0 saturated heterocycles. The molecular formula is C22H20F2N4O2. The summed E-state index contributed by atoms with van der Waals surface area (Å²) in [5, 5.41) is 4.03. The van der Waals surface area contributed by atoms with E-state index in [0.717, 1.165) is 22.7 Å². The van der Waals surface area contributed by atoms with Gasteiger partial charge in [-0.3, -0.25) is 4.57 Å². The number of ether oxygens (including phenoxy) is 2. The van der Waals surface area contributed by atoms with Crippen molar-refractivity contribution in [2.45, 2.75) is 13.8 Å². The summed E-state index contributed by atoms with van der Waals surface area (Å²) in [6.07, 6.45) is 1.41. The number of nitrogens with one attached hydrogen (secondary N) is 1. The number of halogens is 2. The van der Waals surface area contributed by atoms with Gasteiger partial charge in [0, 0.05) is 35.6 Å². The summed E-state index contributed by atoms with van der Waals surface area (Å²) in [6.45, 7) is 3.79. The molecule has 8 heteroatoms. The van der Waals surface area contributed by atoms with Crippen LogP contribution in [0.25, 0.3) is 16.7 Å². The lowest BCUT2D eigenvalue weighted by Crippen LogP contribution is -2.01. The standard InChI is InChI=1S/C22H20F2N4O2/c1-12-13(2)28(17-6-14(23)5-15(24)7-17)22-20(12)21(25-11-26-22)27-16-8-18(29-3)10-19(9-16)30-4/h5-11H,1-4H3,(H,25,26,27). The Morgan fingerprint density at radius 2 is 1.50 bits per heavy atom. The number of aromatic nitrogens is 3. The summed E-state index contributed by atoms with van der Waals surface area (Å²) in [5.74, 6) is 0.511. The third-order valence-corrected chi connectivity index (χ3v) is 5.01. The number of anilines is 2. The molecule has 0 saturated carbocycles. The molecule has 0 atom stereocenters. The number of nitrogens with zero attached hydrogens (tertiary/aromatic N) is 3. The molecule has 0 aliphatic rings. The predicted molar refractivity (Wildman–Crippen MR) is 111 cm³/mol. The number of methoxy groups -OCH3 is 2. The van der Waals surface area contributed by atoms with Crippen LogP contribution in [-0.4, -0.2) is 28.8 Å². The van der Waals surface area contributed by atoms with E-state index in [0.29, 0.717) is 34.3 Å². The lowest BCUT2D eigenvalue weighted by Gasteiger charge is -2.11. The second kappa shape index (κ2) is 7.62. The maximum absolute atomic E-state index is 13.8. The van der Waals surface area contributed by atoms with E-state index in [2.05, 4.69) is 15.3 Å². The predicted octanol–water partition coefficient (Wildman–Crippen LogP) is 5.08. The molecule has 0 aliphatic carbocycles. The monoisotopic (exact) mass is 410 g/mol. The van der Waals surface area contributed by atoms with E-state index in [1.54, 1.807) is 24.9 Å². The minimum absolute atomic E-state index is 0.357. The highest BCUT2D eigenvalue weighted by atomic mass is 19.1. The molecule has 0 bridgehead atoms. The van der Waals surface area contributed by atoms with Crippen LogP contribution in [0.2, 0.25) is 0 Å². The largest absolute Gasteiger partial charge is 0.497 e. The van der Waals surface area contributed by atoms with E-state index in [4.69, 9.17) is 9.47 Å². The van der Waals surface area contributed by atoms with Gasteiger partial charge in [-0.2, -0.15) is 0 Å². The van der Waals surface area contributed by atoms with E-state index >= 15 is 0 Å². The lowest BCUT2D eigenvalue weighted by molar-refractivity contribution is 0.395. The van der Waals surface area contributed by atoms with Crippen LogP contribution in [0.15, 0.2) is 42.7 Å². The van der Waals surface area contributed by atoms with Crippen LogP contribution < -0.4 is 14.8 Å². The van der Waals surface area contributed by atoms with Crippen LogP contribution in [0.1, 0.15) is 11.3 Å². The first-order valence-electron chi connectivity index (χ1n) is 9.20. The Balaban J connectivity index is 1.88. The van der Waals surface area contributed by atoms with Gasteiger partial charge in [0.25, 0.3) is 0 Å². The van der Waals surface area contributed by atoms with Crippen molar-refractivity contribution >= 4 is 22.5 Å². The Morgan fingerprint density at radius 1 is 0.867 bits per heavy atom. The zero-order valence-electron chi connectivity index (χ0n) is 17.0. The van der Waals surface area contributed by atoms with Gasteiger partial charge in [0.05, 0.1) is 25.3 Å². The van der Waals surface area contributed by atoms with Gasteiger partial charge >= 0.3 is 0 Å². The fourth-order valence-corrected chi connectivity index (χ4v) is 3.49. The normalized spacial score (nSPS) is 11.0. The minimum Gasteiger partial charge on any atom is -0.497 e. The Bertz CT molecular complexity index is 1210. The number of hydrogen-bond donors (Lipinski definition) is 1. The third kappa shape index (κ3) is 3.41. The SMILES string of the molecule is COc1cc(Nc2ncnc3c2c(C)c(C)n3-c2cc(F)cc(F)c2)cc(OC)c1. The van der Waals surface area contributed by atoms with Gasteiger partial charge in [-0.05, 0) is 31.5 Å². The molecule has 1 N–H and O–H groups in total. The molecule has 6 nitrogen and oxygen atoms in total. The molecule has 0 unspecified atom stereocenters. The first-order valence-corrected chi connectivity index (χ1v) is 9.20. The van der Waals surface area contributed by atoms with Gasteiger partial charge in [-0.1, -0.05) is 0 Å². The van der Waals surface area contributed by atoms with Gasteiger partial charge in [0.15, 0.2) is 5.65 Å². The van der Waals surface area contributed by atoms with E-state index in [-0.39, 0.29) is 0 Å². The van der Waals surface area contributed by atoms with Crippen molar-refractivity contribution in [3.63, 3.8) is 0 Å². The van der Waals surface area contributed by atoms with Gasteiger partial charge in [-0.25, -0.2) is 18.7 Å². The fourth-order valence-electron chi connectivity index (χ4n) is 3.49. The van der Waals surface area contributed by atoms with Crippen molar-refractivity contribution in [3.8, 4) is 17.2 Å². The van der Waals surface area contributed by atoms with Crippen LogP contribution in [0.4, 0.5) is 20.3 Å². The van der Waals surface area contributed by atoms with Crippen LogP contribution in [0.3, 0.4) is 0 Å². The summed E-state index contributed by atoms with van der Waals surface area (Å²) in [5.41, 5.74) is 3.32. The minimum atomic E-state index is -0.653. The molecule has 0 radical (unpaired) electrons. The van der Waals surface area contributed by atoms with Crippen LogP contribution in [0.5, 0.6) is 11.5 Å². The first kappa shape index (κ1) is 19.6. The third-order valence-electron chi connectivity index (χ3n) is 5.01. The zero-order chi connectivity index (χ0) is 21.4. The second-order valence-corrected chi connectivity index (χ2v) is 6.82. The van der Waals surface area contributed by atoms with Crippen molar-refractivity contribution in [2.24, 2.45) is 0 Å². The Labute approximate surface area is 172 Å². The maximum atomic E-state index is 13.8. The molecule has 0 spiro atoms. The summed E-state index contributed by atoms with van der Waals surface area (Å²) in [4.78, 5) is 8.78. The smallest absolute Gasteiger partial charge is 0.150 e. The highest BCUT2D eigenvalue weighted by Gasteiger charge is 2.19. The van der Waals surface area contributed by atoms with Crippen molar-refractivity contribution < 1.29 is 18.3 Å². The Morgan fingerprint density at radius 3 is 2.10 bits per heavy atom. The average Bonchev–Trinajstić information content (AvgIpc) is 2.98. The van der Waals surface area contributed by atoms with E-state index in [1.165, 1.54) is 18.5 Å². The molecule has 2 aromatic heterocycles. The molecule has 4 aromatic rings. The molecular weight excluding hydrogens is 390 g/mol. The van der Waals surface area contributed by atoms with Crippen LogP contribution in [-0.2, 0) is 0 Å². The van der Waals surface area contributed by atoms with E-state index < -0.39 is 11.6 Å². The van der Waals surface area contributed by atoms with Gasteiger partial charge in [0.1, 0.15) is 35.3 Å². The molecule has 154 valence electrons. The molecule has 4 rings (SSSR count). The number of hydrogen-bond acceptors (Lipinski definition) is 5. The summed E-state index contributed by atoms with van der Waals surface area (Å²) < 4.78 is 40.0. The zero-order valence-corrected chi connectivity index (χ0v) is 17.0. The van der Waals surface area contributed by atoms with Gasteiger partial charge in [0.2, 0.25) is 0 Å². The topological polar surface area (TPSA) is 61.2 Å². The Kier molecular flexibility index (Phi) is 4.99. The summed E-state index contributed by atoms with van der Waals surface area (Å²) >= 11 is 0. The first-order chi connectivity index (χ1) is 14.4. The van der Waals surface area contributed by atoms with Crippen molar-refractivity contribution in [1.82, 2.24) is 14.5 Å². The highest BCUT2D eigenvalue weighted by Crippen LogP contribution is 2.34. The van der Waals surface area contributed by atoms with E-state index in [1.807, 2.05) is 26.0 Å². The van der Waals surface area contributed by atoms with Gasteiger partial charge < -0.3 is 14.8 Å². The molecule has 0 aliphatic heterocycles. The average molecular weight is 410 g/mol. The lowest BCUT2D eigenvalue weighted by atomic mass is 10.2. The summed E-state index contributed by atoms with van der Waals surface area (Å²) in [6, 6.07) is 8.80. The van der Waals surface area contributed by atoms with Crippen molar-refractivity contribution in [3.05, 3.63) is 65.6 Å². The number of rotatable bonds is 5. The number of benzene rings is 2. The molecule has 0 amide bonds. The second-order valence-electron chi connectivity index (χ2n) is 6.82. The molecule has 30 heavy (non-hydrogen) atoms. The molecule has 2 aromatic carbocycles. The summed E-state index contributed by atoms with van der Waals surface area (Å²) in [7, 11) is 3.15. The highest BCUT2D eigenvalue weighted by molar-refractivity contribution is 5.94. The number of fused-ring (bicyclic) bond motifs is 1. The van der Waals surface area contributed by atoms with E-state index in [9.17, 15) is 8.78 Å². The maximum Gasteiger partial charge on any atom is 0.150 e. The fraction of sp³-hybridized carbons (Fsp3) is 0.182. The van der Waals surface area contributed by atoms with Crippen LogP contribution in [0, 0.1) is 25.5 Å².